The number of nitrogens with two attached hydrogens (primary N) is 1. The van der Waals surface area contributed by atoms with Crippen LogP contribution in [0.2, 0.25) is 5.02 Å². The van der Waals surface area contributed by atoms with E-state index in [-0.39, 0.29) is 5.84 Å². The lowest BCUT2D eigenvalue weighted by Gasteiger charge is -1.88. The van der Waals surface area contributed by atoms with Gasteiger partial charge in [-0.25, -0.2) is 0 Å². The van der Waals surface area contributed by atoms with E-state index < -0.39 is 0 Å². The normalized spacial score (nSPS) is 10.5. The van der Waals surface area contributed by atoms with Crippen molar-refractivity contribution in [3.05, 3.63) is 35.0 Å². The first-order chi connectivity index (χ1) is 6.16. The molecule has 0 fully saturated rings. The van der Waals surface area contributed by atoms with Crippen LogP contribution in [0.5, 0.6) is 0 Å². The van der Waals surface area contributed by atoms with E-state index in [1.54, 1.807) is 18.2 Å². The van der Waals surface area contributed by atoms with Gasteiger partial charge in [-0.2, -0.15) is 0 Å². The smallest absolute Gasteiger partial charge is 0.169 e. The van der Waals surface area contributed by atoms with Gasteiger partial charge >= 0.3 is 0 Å². The van der Waals surface area contributed by atoms with Gasteiger partial charge in [-0.3, -0.25) is 5.41 Å². The van der Waals surface area contributed by atoms with Crippen molar-refractivity contribution in [3.63, 3.8) is 0 Å². The summed E-state index contributed by atoms with van der Waals surface area (Å²) in [6.07, 6.45) is 0. The van der Waals surface area contributed by atoms with Gasteiger partial charge in [0.1, 0.15) is 5.58 Å². The first-order valence-corrected chi connectivity index (χ1v) is 4.08. The fourth-order valence-corrected chi connectivity index (χ4v) is 1.30. The third-order valence-corrected chi connectivity index (χ3v) is 1.98. The van der Waals surface area contributed by atoms with E-state index in [1.807, 2.05) is 6.07 Å². The summed E-state index contributed by atoms with van der Waals surface area (Å²) in [7, 11) is 0. The van der Waals surface area contributed by atoms with Crippen molar-refractivity contribution < 1.29 is 4.42 Å². The maximum Gasteiger partial charge on any atom is 0.169 e. The van der Waals surface area contributed by atoms with E-state index >= 15 is 0 Å². The summed E-state index contributed by atoms with van der Waals surface area (Å²) in [4.78, 5) is 0. The van der Waals surface area contributed by atoms with E-state index in [1.165, 1.54) is 0 Å². The van der Waals surface area contributed by atoms with Crippen LogP contribution >= 0.6 is 11.6 Å². The first kappa shape index (κ1) is 8.13. The average molecular weight is 195 g/mol. The summed E-state index contributed by atoms with van der Waals surface area (Å²) in [6, 6.07) is 7.01. The maximum atomic E-state index is 7.17. The molecule has 1 aromatic heterocycles. The molecule has 66 valence electrons. The number of rotatable bonds is 1. The highest BCUT2D eigenvalue weighted by Crippen LogP contribution is 2.22. The molecule has 0 aliphatic carbocycles. The van der Waals surface area contributed by atoms with Crippen molar-refractivity contribution in [2.75, 3.05) is 0 Å². The molecule has 0 amide bonds. The molecule has 3 N–H and O–H groups in total. The maximum absolute atomic E-state index is 7.17. The molecule has 0 spiro atoms. The Morgan fingerprint density at radius 3 is 2.85 bits per heavy atom. The monoisotopic (exact) mass is 194 g/mol. The standard InChI is InChI=1S/C9H7ClN2O/c10-6-2-1-5-3-8(9(11)12)13-7(5)4-6/h1-4H,(H3,11,12). The van der Waals surface area contributed by atoms with Crippen LogP contribution in [0.15, 0.2) is 28.7 Å². The average Bonchev–Trinajstić information content (AvgIpc) is 2.46. The van der Waals surface area contributed by atoms with E-state index in [0.29, 0.717) is 16.4 Å². The van der Waals surface area contributed by atoms with Crippen LogP contribution in [0.3, 0.4) is 0 Å². The van der Waals surface area contributed by atoms with Crippen LogP contribution in [-0.2, 0) is 0 Å². The van der Waals surface area contributed by atoms with Gasteiger partial charge < -0.3 is 10.2 Å². The molecule has 0 bridgehead atoms. The predicted molar refractivity (Wildman–Crippen MR) is 52.2 cm³/mol. The lowest BCUT2D eigenvalue weighted by atomic mass is 10.2. The number of nitrogens with one attached hydrogen (secondary N) is 1. The van der Waals surface area contributed by atoms with Crippen molar-refractivity contribution in [2.24, 2.45) is 5.73 Å². The minimum absolute atomic E-state index is 0.0766. The highest BCUT2D eigenvalue weighted by Gasteiger charge is 2.05. The first-order valence-electron chi connectivity index (χ1n) is 3.70. The zero-order valence-corrected chi connectivity index (χ0v) is 7.43. The van der Waals surface area contributed by atoms with Gasteiger partial charge in [0.15, 0.2) is 11.6 Å². The summed E-state index contributed by atoms with van der Waals surface area (Å²) in [6.45, 7) is 0. The van der Waals surface area contributed by atoms with Crippen molar-refractivity contribution in [1.29, 1.82) is 5.41 Å². The molecule has 1 heterocycles. The molecule has 13 heavy (non-hydrogen) atoms. The molecular weight excluding hydrogens is 188 g/mol. The lowest BCUT2D eigenvalue weighted by Crippen LogP contribution is -2.09. The van der Waals surface area contributed by atoms with Crippen LogP contribution in [-0.4, -0.2) is 5.84 Å². The second kappa shape index (κ2) is 2.78. The van der Waals surface area contributed by atoms with Crippen molar-refractivity contribution in [2.45, 2.75) is 0 Å². The number of benzene rings is 1. The zero-order chi connectivity index (χ0) is 9.42. The number of hydrogen-bond acceptors (Lipinski definition) is 2. The van der Waals surface area contributed by atoms with Crippen LogP contribution in [0.1, 0.15) is 5.76 Å². The second-order valence-electron chi connectivity index (χ2n) is 2.71. The lowest BCUT2D eigenvalue weighted by molar-refractivity contribution is 0.603. The Morgan fingerprint density at radius 2 is 2.15 bits per heavy atom. The van der Waals surface area contributed by atoms with Gasteiger partial charge in [-0.05, 0) is 18.2 Å². The number of halogens is 1. The van der Waals surface area contributed by atoms with E-state index in [9.17, 15) is 0 Å². The Kier molecular flexibility index (Phi) is 1.74. The SMILES string of the molecule is N=C(N)c1cc2ccc(Cl)cc2o1. The third-order valence-electron chi connectivity index (χ3n) is 1.75. The molecule has 0 saturated heterocycles. The van der Waals surface area contributed by atoms with E-state index in [4.69, 9.17) is 27.2 Å². The molecule has 0 aliphatic heterocycles. The largest absolute Gasteiger partial charge is 0.453 e. The quantitative estimate of drug-likeness (QED) is 0.541. The topological polar surface area (TPSA) is 63.0 Å². The minimum atomic E-state index is -0.0766. The summed E-state index contributed by atoms with van der Waals surface area (Å²) in [5, 5.41) is 8.68. The fourth-order valence-electron chi connectivity index (χ4n) is 1.14. The summed E-state index contributed by atoms with van der Waals surface area (Å²) in [5.41, 5.74) is 5.92. The molecule has 0 saturated carbocycles. The van der Waals surface area contributed by atoms with Crippen molar-refractivity contribution in [1.82, 2.24) is 0 Å². The second-order valence-corrected chi connectivity index (χ2v) is 3.14. The number of amidine groups is 1. The molecule has 2 aromatic rings. The Morgan fingerprint density at radius 1 is 1.38 bits per heavy atom. The summed E-state index contributed by atoms with van der Waals surface area (Å²) < 4.78 is 5.28. The summed E-state index contributed by atoms with van der Waals surface area (Å²) >= 11 is 5.76. The van der Waals surface area contributed by atoms with Gasteiger partial charge in [0, 0.05) is 16.5 Å². The van der Waals surface area contributed by atoms with Crippen molar-refractivity contribution >= 4 is 28.4 Å². The number of fused-ring (bicyclic) bond motifs is 1. The van der Waals surface area contributed by atoms with Crippen LogP contribution in [0, 0.1) is 5.41 Å². The van der Waals surface area contributed by atoms with E-state index in [0.717, 1.165) is 5.39 Å². The van der Waals surface area contributed by atoms with Crippen LogP contribution < -0.4 is 5.73 Å². The minimum Gasteiger partial charge on any atom is -0.453 e. The molecule has 0 aliphatic rings. The van der Waals surface area contributed by atoms with Gasteiger partial charge in [0.05, 0.1) is 0 Å². The zero-order valence-electron chi connectivity index (χ0n) is 6.67. The Labute approximate surface area is 79.6 Å². The highest BCUT2D eigenvalue weighted by atomic mass is 35.5. The van der Waals surface area contributed by atoms with Gasteiger partial charge in [-0.15, -0.1) is 0 Å². The molecule has 0 atom stereocenters. The molecule has 4 heteroatoms. The predicted octanol–water partition coefficient (Wildman–Crippen LogP) is 2.37. The molecule has 0 radical (unpaired) electrons. The highest BCUT2D eigenvalue weighted by molar-refractivity contribution is 6.31. The van der Waals surface area contributed by atoms with Gasteiger partial charge in [0.2, 0.25) is 0 Å². The van der Waals surface area contributed by atoms with Gasteiger partial charge in [-0.1, -0.05) is 11.6 Å². The Bertz CT molecular complexity index is 475. The number of furan rings is 1. The number of nitrogen functional groups attached to an aromatic ring is 1. The van der Waals surface area contributed by atoms with Crippen LogP contribution in [0.25, 0.3) is 11.0 Å². The molecule has 3 nitrogen and oxygen atoms in total. The number of hydrogen-bond donors (Lipinski definition) is 2. The molecule has 2 rings (SSSR count). The van der Waals surface area contributed by atoms with E-state index in [2.05, 4.69) is 0 Å². The van der Waals surface area contributed by atoms with Crippen molar-refractivity contribution in [3.8, 4) is 0 Å². The van der Waals surface area contributed by atoms with Crippen LogP contribution in [0.4, 0.5) is 0 Å². The fraction of sp³-hybridized carbons (Fsp3) is 0. The molecular formula is C9H7ClN2O. The third kappa shape index (κ3) is 1.38. The summed E-state index contributed by atoms with van der Waals surface area (Å²) in [5.74, 6) is 0.296. The van der Waals surface area contributed by atoms with Gasteiger partial charge in [0.25, 0.3) is 0 Å². The molecule has 1 aromatic carbocycles. The Balaban J connectivity index is 2.68. The Hall–Kier alpha value is -1.48. The molecule has 0 unspecified atom stereocenters.